The molecule has 8 heteroatoms. The number of hydrogen-bond acceptors (Lipinski definition) is 6. The van der Waals surface area contributed by atoms with Crippen molar-refractivity contribution in [3.8, 4) is 11.5 Å². The number of piperidine rings is 1. The van der Waals surface area contributed by atoms with Crippen molar-refractivity contribution in [3.63, 3.8) is 0 Å². The normalized spacial score (nSPS) is 17.6. The predicted octanol–water partition coefficient (Wildman–Crippen LogP) is 2.57. The Balaban J connectivity index is 1.48. The van der Waals surface area contributed by atoms with Gasteiger partial charge in [0.2, 0.25) is 12.7 Å². The lowest BCUT2D eigenvalue weighted by Gasteiger charge is -2.35. The zero-order valence-corrected chi connectivity index (χ0v) is 17.3. The van der Waals surface area contributed by atoms with E-state index in [0.29, 0.717) is 43.1 Å². The molecule has 1 saturated heterocycles. The van der Waals surface area contributed by atoms with Gasteiger partial charge in [-0.25, -0.2) is 0 Å². The van der Waals surface area contributed by atoms with Gasteiger partial charge in [0.15, 0.2) is 17.6 Å². The van der Waals surface area contributed by atoms with Crippen LogP contribution in [-0.4, -0.2) is 48.7 Å². The zero-order chi connectivity index (χ0) is 21.2. The minimum atomic E-state index is -0.929. The largest absolute Gasteiger partial charge is 0.454 e. The quantitative estimate of drug-likeness (QED) is 0.775. The van der Waals surface area contributed by atoms with Crippen LogP contribution in [0.25, 0.3) is 0 Å². The number of carbonyl (C=O) groups excluding carboxylic acids is 3. The lowest BCUT2D eigenvalue weighted by atomic mass is 9.91. The first-order valence-electron chi connectivity index (χ1n) is 9.85. The Morgan fingerprint density at radius 2 is 1.79 bits per heavy atom. The summed E-state index contributed by atoms with van der Waals surface area (Å²) in [6, 6.07) is 5.07. The van der Waals surface area contributed by atoms with Gasteiger partial charge in [-0.1, -0.05) is 20.8 Å². The van der Waals surface area contributed by atoms with E-state index >= 15 is 0 Å². The second kappa shape index (κ2) is 8.31. The number of nitrogens with zero attached hydrogens (tertiary/aromatic N) is 1. The summed E-state index contributed by atoms with van der Waals surface area (Å²) in [5, 5.41) is 2.71. The third-order valence-corrected chi connectivity index (χ3v) is 5.06. The number of carbonyl (C=O) groups is 3. The van der Waals surface area contributed by atoms with E-state index in [2.05, 4.69) is 5.32 Å². The smallest absolute Gasteiger partial charge is 0.309 e. The number of fused-ring (bicyclic) bond motifs is 1. The summed E-state index contributed by atoms with van der Waals surface area (Å²) in [5.41, 5.74) is 0.102. The van der Waals surface area contributed by atoms with Gasteiger partial charge in [0, 0.05) is 30.3 Å². The molecule has 158 valence electrons. The summed E-state index contributed by atoms with van der Waals surface area (Å²) in [6.07, 6.45) is 0.149. The second-order valence-electron chi connectivity index (χ2n) is 8.45. The van der Waals surface area contributed by atoms with E-state index < -0.39 is 23.4 Å². The molecule has 0 spiro atoms. The number of hydrogen-bond donors (Lipinski definition) is 1. The van der Waals surface area contributed by atoms with Crippen molar-refractivity contribution in [1.29, 1.82) is 0 Å². The van der Waals surface area contributed by atoms with Crippen LogP contribution in [0.5, 0.6) is 11.5 Å². The highest BCUT2D eigenvalue weighted by atomic mass is 16.7. The van der Waals surface area contributed by atoms with E-state index in [9.17, 15) is 14.4 Å². The SMILES string of the molecule is CC(OC(=O)C1CCN(C(=O)C(C)(C)C)CC1)C(=O)Nc1ccc2c(c1)OCO2. The summed E-state index contributed by atoms with van der Waals surface area (Å²) >= 11 is 0. The van der Waals surface area contributed by atoms with E-state index in [1.807, 2.05) is 20.8 Å². The number of benzene rings is 1. The molecular weight excluding hydrogens is 376 g/mol. The maximum absolute atomic E-state index is 12.4. The van der Waals surface area contributed by atoms with Crippen LogP contribution < -0.4 is 14.8 Å². The van der Waals surface area contributed by atoms with Gasteiger partial charge in [0.05, 0.1) is 5.92 Å². The number of amides is 2. The average Bonchev–Trinajstić information content (AvgIpc) is 3.14. The molecule has 1 N–H and O–H groups in total. The number of likely N-dealkylation sites (tertiary alicyclic amines) is 1. The van der Waals surface area contributed by atoms with Gasteiger partial charge >= 0.3 is 5.97 Å². The van der Waals surface area contributed by atoms with Crippen molar-refractivity contribution in [2.24, 2.45) is 11.3 Å². The van der Waals surface area contributed by atoms with E-state index in [-0.39, 0.29) is 18.6 Å². The van der Waals surface area contributed by atoms with E-state index in [0.717, 1.165) is 0 Å². The van der Waals surface area contributed by atoms with Crippen molar-refractivity contribution in [3.05, 3.63) is 18.2 Å². The Morgan fingerprint density at radius 1 is 1.14 bits per heavy atom. The Bertz CT molecular complexity index is 793. The maximum atomic E-state index is 12.4. The Hall–Kier alpha value is -2.77. The van der Waals surface area contributed by atoms with Crippen LogP contribution in [-0.2, 0) is 19.1 Å². The maximum Gasteiger partial charge on any atom is 0.309 e. The van der Waals surface area contributed by atoms with Crippen molar-refractivity contribution in [2.75, 3.05) is 25.2 Å². The van der Waals surface area contributed by atoms with Crippen molar-refractivity contribution >= 4 is 23.5 Å². The van der Waals surface area contributed by atoms with Gasteiger partial charge < -0.3 is 24.4 Å². The van der Waals surface area contributed by atoms with Gasteiger partial charge in [-0.15, -0.1) is 0 Å². The molecule has 2 amide bonds. The van der Waals surface area contributed by atoms with Crippen molar-refractivity contribution < 1.29 is 28.6 Å². The molecule has 2 heterocycles. The molecule has 29 heavy (non-hydrogen) atoms. The first kappa shape index (κ1) is 21.0. The number of anilines is 1. The van der Waals surface area contributed by atoms with E-state index in [1.165, 1.54) is 0 Å². The Kier molecular flexibility index (Phi) is 6.00. The second-order valence-corrected chi connectivity index (χ2v) is 8.45. The van der Waals surface area contributed by atoms with Gasteiger partial charge in [0.25, 0.3) is 5.91 Å². The zero-order valence-electron chi connectivity index (χ0n) is 17.3. The number of rotatable bonds is 4. The van der Waals surface area contributed by atoms with Gasteiger partial charge in [-0.2, -0.15) is 0 Å². The first-order valence-corrected chi connectivity index (χ1v) is 9.85. The van der Waals surface area contributed by atoms with E-state index in [4.69, 9.17) is 14.2 Å². The van der Waals surface area contributed by atoms with Gasteiger partial charge in [-0.05, 0) is 31.9 Å². The number of nitrogens with one attached hydrogen (secondary N) is 1. The van der Waals surface area contributed by atoms with Crippen molar-refractivity contribution in [2.45, 2.75) is 46.6 Å². The summed E-state index contributed by atoms with van der Waals surface area (Å²) in [6.45, 7) is 8.39. The van der Waals surface area contributed by atoms with Crippen LogP contribution >= 0.6 is 0 Å². The standard InChI is InChI=1S/C21H28N2O6/c1-13(18(24)22-15-5-6-16-17(11-15)28-12-27-16)29-19(25)14-7-9-23(10-8-14)20(26)21(2,3)4/h5-6,11,13-14H,7-10,12H2,1-4H3,(H,22,24). The predicted molar refractivity (Wildman–Crippen MR) is 106 cm³/mol. The molecule has 8 nitrogen and oxygen atoms in total. The topological polar surface area (TPSA) is 94.2 Å². The molecule has 2 aliphatic rings. The highest BCUT2D eigenvalue weighted by Gasteiger charge is 2.34. The van der Waals surface area contributed by atoms with Crippen LogP contribution in [0.3, 0.4) is 0 Å². The summed E-state index contributed by atoms with van der Waals surface area (Å²) in [5.74, 6) is 0.141. The third-order valence-electron chi connectivity index (χ3n) is 5.06. The van der Waals surface area contributed by atoms with Crippen LogP contribution in [0.2, 0.25) is 0 Å². The fourth-order valence-corrected chi connectivity index (χ4v) is 3.33. The fourth-order valence-electron chi connectivity index (χ4n) is 3.33. The molecule has 2 aliphatic heterocycles. The molecule has 3 rings (SSSR count). The lowest BCUT2D eigenvalue weighted by molar-refractivity contribution is -0.160. The molecule has 0 aromatic heterocycles. The monoisotopic (exact) mass is 404 g/mol. The fraction of sp³-hybridized carbons (Fsp3) is 0.571. The molecule has 0 saturated carbocycles. The van der Waals surface area contributed by atoms with Gasteiger partial charge in [-0.3, -0.25) is 14.4 Å². The molecule has 1 aromatic carbocycles. The molecule has 1 unspecified atom stereocenters. The highest BCUT2D eigenvalue weighted by Crippen LogP contribution is 2.34. The van der Waals surface area contributed by atoms with Crippen LogP contribution in [0.15, 0.2) is 18.2 Å². The Morgan fingerprint density at radius 3 is 2.45 bits per heavy atom. The lowest BCUT2D eigenvalue weighted by Crippen LogP contribution is -2.45. The average molecular weight is 404 g/mol. The molecule has 0 aliphatic carbocycles. The molecule has 0 radical (unpaired) electrons. The van der Waals surface area contributed by atoms with Crippen LogP contribution in [0.1, 0.15) is 40.5 Å². The van der Waals surface area contributed by atoms with Gasteiger partial charge in [0.1, 0.15) is 0 Å². The summed E-state index contributed by atoms with van der Waals surface area (Å²) < 4.78 is 15.9. The number of esters is 1. The minimum absolute atomic E-state index is 0.0841. The summed E-state index contributed by atoms with van der Waals surface area (Å²) in [4.78, 5) is 39.0. The molecular formula is C21H28N2O6. The van der Waals surface area contributed by atoms with Crippen molar-refractivity contribution in [1.82, 2.24) is 4.90 Å². The third kappa shape index (κ3) is 4.99. The van der Waals surface area contributed by atoms with Crippen LogP contribution in [0, 0.1) is 11.3 Å². The highest BCUT2D eigenvalue weighted by molar-refractivity contribution is 5.95. The minimum Gasteiger partial charge on any atom is -0.454 e. The Labute approximate surface area is 170 Å². The van der Waals surface area contributed by atoms with Crippen LogP contribution in [0.4, 0.5) is 5.69 Å². The first-order chi connectivity index (χ1) is 13.6. The molecule has 0 bridgehead atoms. The molecule has 1 aromatic rings. The molecule has 1 atom stereocenters. The summed E-state index contributed by atoms with van der Waals surface area (Å²) in [7, 11) is 0. The number of ether oxygens (including phenoxy) is 3. The molecule has 1 fully saturated rings. The van der Waals surface area contributed by atoms with E-state index in [1.54, 1.807) is 30.0 Å².